The molecule has 0 amide bonds. The predicted octanol–water partition coefficient (Wildman–Crippen LogP) is 4.62. The summed E-state index contributed by atoms with van der Waals surface area (Å²) < 4.78 is 13.6. The molecule has 1 atom stereocenters. The van der Waals surface area contributed by atoms with Crippen LogP contribution in [-0.4, -0.2) is 0 Å². The Morgan fingerprint density at radius 1 is 0.944 bits per heavy atom. The van der Waals surface area contributed by atoms with Gasteiger partial charge >= 0.3 is 0 Å². The van der Waals surface area contributed by atoms with Gasteiger partial charge in [-0.05, 0) is 44.0 Å². The summed E-state index contributed by atoms with van der Waals surface area (Å²) in [4.78, 5) is 0. The molecule has 0 aliphatic heterocycles. The largest absolute Gasteiger partial charge is 0.376 e. The number of hydrogen-bond donors (Lipinski definition) is 1. The summed E-state index contributed by atoms with van der Waals surface area (Å²) in [5, 5.41) is 3.21. The van der Waals surface area contributed by atoms with Gasteiger partial charge in [0.2, 0.25) is 0 Å². The number of anilines is 1. The second-order valence-corrected chi connectivity index (χ2v) is 4.76. The van der Waals surface area contributed by atoms with E-state index in [2.05, 4.69) is 36.5 Å². The minimum absolute atomic E-state index is 0.0851. The Kier molecular flexibility index (Phi) is 3.66. The van der Waals surface area contributed by atoms with E-state index in [1.54, 1.807) is 6.07 Å². The van der Waals surface area contributed by atoms with Gasteiger partial charge in [0.05, 0.1) is 5.69 Å². The molecule has 0 aliphatic rings. The Morgan fingerprint density at radius 2 is 1.56 bits per heavy atom. The van der Waals surface area contributed by atoms with Crippen LogP contribution in [0.5, 0.6) is 0 Å². The highest BCUT2D eigenvalue weighted by Gasteiger charge is 2.08. The normalized spacial score (nSPS) is 12.2. The van der Waals surface area contributed by atoms with Crippen LogP contribution in [0.25, 0.3) is 0 Å². The van der Waals surface area contributed by atoms with Crippen LogP contribution in [0.4, 0.5) is 10.1 Å². The third-order valence-electron chi connectivity index (χ3n) is 3.07. The molecular weight excluding hydrogens is 225 g/mol. The van der Waals surface area contributed by atoms with Crippen molar-refractivity contribution < 1.29 is 4.39 Å². The smallest absolute Gasteiger partial charge is 0.146 e. The van der Waals surface area contributed by atoms with Gasteiger partial charge in [0.15, 0.2) is 0 Å². The van der Waals surface area contributed by atoms with Crippen molar-refractivity contribution >= 4 is 5.69 Å². The lowest BCUT2D eigenvalue weighted by Gasteiger charge is -2.17. The number of hydrogen-bond acceptors (Lipinski definition) is 1. The van der Waals surface area contributed by atoms with Gasteiger partial charge in [0.25, 0.3) is 0 Å². The fourth-order valence-electron chi connectivity index (χ4n) is 1.92. The zero-order valence-corrected chi connectivity index (χ0v) is 11.0. The van der Waals surface area contributed by atoms with E-state index in [0.717, 1.165) is 11.1 Å². The lowest BCUT2D eigenvalue weighted by Crippen LogP contribution is -2.08. The Bertz CT molecular complexity index is 531. The molecule has 0 fully saturated rings. The molecule has 2 aromatic carbocycles. The van der Waals surface area contributed by atoms with Gasteiger partial charge < -0.3 is 5.32 Å². The van der Waals surface area contributed by atoms with E-state index in [1.165, 1.54) is 11.6 Å². The first-order valence-electron chi connectivity index (χ1n) is 6.15. The van der Waals surface area contributed by atoms with Gasteiger partial charge in [-0.2, -0.15) is 0 Å². The fourth-order valence-corrected chi connectivity index (χ4v) is 1.92. The quantitative estimate of drug-likeness (QED) is 0.829. The van der Waals surface area contributed by atoms with Crippen LogP contribution in [0.2, 0.25) is 0 Å². The van der Waals surface area contributed by atoms with E-state index < -0.39 is 0 Å². The van der Waals surface area contributed by atoms with Crippen molar-refractivity contribution in [1.29, 1.82) is 0 Å². The lowest BCUT2D eigenvalue weighted by atomic mass is 10.1. The molecule has 1 nitrogen and oxygen atoms in total. The monoisotopic (exact) mass is 243 g/mol. The minimum atomic E-state index is -0.209. The third kappa shape index (κ3) is 2.89. The highest BCUT2D eigenvalue weighted by molar-refractivity contribution is 5.49. The Hall–Kier alpha value is -1.83. The molecule has 0 aliphatic carbocycles. The molecule has 0 saturated carbocycles. The summed E-state index contributed by atoms with van der Waals surface area (Å²) >= 11 is 0. The van der Waals surface area contributed by atoms with Gasteiger partial charge in [-0.25, -0.2) is 4.39 Å². The Balaban J connectivity index is 2.18. The van der Waals surface area contributed by atoms with Gasteiger partial charge in [0, 0.05) is 6.04 Å². The molecular formula is C16H18FN. The molecule has 0 aromatic heterocycles. The second-order valence-electron chi connectivity index (χ2n) is 4.76. The molecule has 94 valence electrons. The highest BCUT2D eigenvalue weighted by Crippen LogP contribution is 2.22. The fraction of sp³-hybridized carbons (Fsp3) is 0.250. The summed E-state index contributed by atoms with van der Waals surface area (Å²) in [7, 11) is 0. The maximum Gasteiger partial charge on any atom is 0.146 e. The molecule has 2 heteroatoms. The number of rotatable bonds is 3. The average molecular weight is 243 g/mol. The van der Waals surface area contributed by atoms with Crippen molar-refractivity contribution in [1.82, 2.24) is 0 Å². The first-order chi connectivity index (χ1) is 8.56. The summed E-state index contributed by atoms with van der Waals surface area (Å²) in [6.07, 6.45) is 0. The van der Waals surface area contributed by atoms with E-state index in [9.17, 15) is 4.39 Å². The van der Waals surface area contributed by atoms with Gasteiger partial charge in [-0.3, -0.25) is 0 Å². The number of aryl methyl sites for hydroxylation is 2. The van der Waals surface area contributed by atoms with Crippen molar-refractivity contribution in [3.05, 3.63) is 65.0 Å². The number of benzene rings is 2. The van der Waals surface area contributed by atoms with Crippen molar-refractivity contribution in [3.63, 3.8) is 0 Å². The Morgan fingerprint density at radius 3 is 2.22 bits per heavy atom. The van der Waals surface area contributed by atoms with Crippen molar-refractivity contribution in [2.45, 2.75) is 26.8 Å². The van der Waals surface area contributed by atoms with E-state index in [0.29, 0.717) is 5.69 Å². The van der Waals surface area contributed by atoms with Crippen LogP contribution in [0.1, 0.15) is 29.7 Å². The predicted molar refractivity (Wildman–Crippen MR) is 74.4 cm³/mol. The molecule has 0 unspecified atom stereocenters. The molecule has 0 bridgehead atoms. The molecule has 0 radical (unpaired) electrons. The van der Waals surface area contributed by atoms with Crippen LogP contribution >= 0.6 is 0 Å². The van der Waals surface area contributed by atoms with E-state index in [4.69, 9.17) is 0 Å². The molecule has 2 rings (SSSR count). The minimum Gasteiger partial charge on any atom is -0.376 e. The summed E-state index contributed by atoms with van der Waals surface area (Å²) in [5.74, 6) is -0.209. The number of nitrogens with one attached hydrogen (secondary N) is 1. The molecule has 1 N–H and O–H groups in total. The van der Waals surface area contributed by atoms with Crippen LogP contribution in [-0.2, 0) is 0 Å². The zero-order valence-electron chi connectivity index (χ0n) is 11.0. The molecule has 0 spiro atoms. The molecule has 0 heterocycles. The first-order valence-corrected chi connectivity index (χ1v) is 6.15. The SMILES string of the molecule is Cc1ccc([C@@H](C)Nc2cc(C)ccc2F)cc1. The lowest BCUT2D eigenvalue weighted by molar-refractivity contribution is 0.627. The third-order valence-corrected chi connectivity index (χ3v) is 3.07. The topological polar surface area (TPSA) is 12.0 Å². The maximum absolute atomic E-state index is 13.6. The molecule has 0 saturated heterocycles. The van der Waals surface area contributed by atoms with E-state index in [-0.39, 0.29) is 11.9 Å². The molecule has 18 heavy (non-hydrogen) atoms. The van der Waals surface area contributed by atoms with Crippen LogP contribution in [0.15, 0.2) is 42.5 Å². The van der Waals surface area contributed by atoms with Crippen LogP contribution in [0.3, 0.4) is 0 Å². The van der Waals surface area contributed by atoms with Crippen molar-refractivity contribution in [3.8, 4) is 0 Å². The first kappa shape index (κ1) is 12.6. The van der Waals surface area contributed by atoms with Crippen molar-refractivity contribution in [2.75, 3.05) is 5.32 Å². The second kappa shape index (κ2) is 5.21. The van der Waals surface area contributed by atoms with Gasteiger partial charge in [-0.1, -0.05) is 35.9 Å². The highest BCUT2D eigenvalue weighted by atomic mass is 19.1. The summed E-state index contributed by atoms with van der Waals surface area (Å²) in [6, 6.07) is 13.5. The molecule has 2 aromatic rings. The van der Waals surface area contributed by atoms with E-state index in [1.807, 2.05) is 19.9 Å². The summed E-state index contributed by atoms with van der Waals surface area (Å²) in [5.41, 5.74) is 3.99. The average Bonchev–Trinajstić information content (AvgIpc) is 2.34. The van der Waals surface area contributed by atoms with Gasteiger partial charge in [0.1, 0.15) is 5.82 Å². The van der Waals surface area contributed by atoms with Crippen LogP contribution < -0.4 is 5.32 Å². The van der Waals surface area contributed by atoms with Crippen molar-refractivity contribution in [2.24, 2.45) is 0 Å². The maximum atomic E-state index is 13.6. The van der Waals surface area contributed by atoms with E-state index >= 15 is 0 Å². The Labute approximate surface area is 108 Å². The zero-order chi connectivity index (χ0) is 13.1. The van der Waals surface area contributed by atoms with Gasteiger partial charge in [-0.15, -0.1) is 0 Å². The number of halogens is 1. The summed E-state index contributed by atoms with van der Waals surface area (Å²) in [6.45, 7) is 6.05. The standard InChI is InChI=1S/C16H18FN/c1-11-4-7-14(8-5-11)13(3)18-16-10-12(2)6-9-15(16)17/h4-10,13,18H,1-3H3/t13-/m1/s1. The van der Waals surface area contributed by atoms with Crippen LogP contribution in [0, 0.1) is 19.7 Å².